The lowest BCUT2D eigenvalue weighted by molar-refractivity contribution is -0.165. The van der Waals surface area contributed by atoms with Gasteiger partial charge in [-0.15, -0.1) is 0 Å². The van der Waals surface area contributed by atoms with Crippen LogP contribution < -0.4 is 0 Å². The number of rotatable bonds is 3. The van der Waals surface area contributed by atoms with E-state index in [1.165, 1.54) is 12.0 Å². The molecule has 1 saturated carbocycles. The van der Waals surface area contributed by atoms with E-state index < -0.39 is 0 Å². The van der Waals surface area contributed by atoms with Crippen molar-refractivity contribution in [3.05, 3.63) is 35.4 Å². The quantitative estimate of drug-likeness (QED) is 0.803. The zero-order valence-corrected chi connectivity index (χ0v) is 14.4. The Balaban J connectivity index is 1.76. The van der Waals surface area contributed by atoms with Gasteiger partial charge >= 0.3 is 5.97 Å². The van der Waals surface area contributed by atoms with E-state index in [9.17, 15) is 4.79 Å². The summed E-state index contributed by atoms with van der Waals surface area (Å²) in [6.45, 7) is 4.72. The van der Waals surface area contributed by atoms with Crippen LogP contribution >= 0.6 is 0 Å². The molecule has 124 valence electrons. The Morgan fingerprint density at radius 1 is 1.30 bits per heavy atom. The highest BCUT2D eigenvalue weighted by Crippen LogP contribution is 2.59. The molecule has 3 nitrogen and oxygen atoms in total. The van der Waals surface area contributed by atoms with E-state index in [1.54, 1.807) is 5.56 Å². The average Bonchev–Trinajstić information content (AvgIpc) is 2.58. The fourth-order valence-corrected chi connectivity index (χ4v) is 5.91. The number of benzene rings is 1. The monoisotopic (exact) mass is 313 g/mol. The zero-order chi connectivity index (χ0) is 16.2. The fourth-order valence-electron chi connectivity index (χ4n) is 5.91. The Labute approximate surface area is 139 Å². The van der Waals surface area contributed by atoms with Crippen LogP contribution in [0, 0.1) is 11.8 Å². The molecule has 0 spiro atoms. The largest absolute Gasteiger partial charge is 0.466 e. The minimum absolute atomic E-state index is 0.0198. The van der Waals surface area contributed by atoms with Crippen LogP contribution in [0.1, 0.15) is 44.2 Å². The third-order valence-electron chi connectivity index (χ3n) is 6.97. The lowest BCUT2D eigenvalue weighted by Gasteiger charge is -2.64. The Kier molecular flexibility index (Phi) is 3.53. The van der Waals surface area contributed by atoms with E-state index in [0.29, 0.717) is 24.6 Å². The molecule has 4 aliphatic rings. The Morgan fingerprint density at radius 2 is 2.09 bits per heavy atom. The zero-order valence-electron chi connectivity index (χ0n) is 14.4. The fraction of sp³-hybridized carbons (Fsp3) is 0.650. The topological polar surface area (TPSA) is 29.5 Å². The number of esters is 1. The lowest BCUT2D eigenvalue weighted by atomic mass is 9.48. The summed E-state index contributed by atoms with van der Waals surface area (Å²) in [6, 6.07) is 9.91. The Bertz CT molecular complexity index is 628. The first kappa shape index (κ1) is 15.2. The summed E-state index contributed by atoms with van der Waals surface area (Å²) < 4.78 is 5.37. The van der Waals surface area contributed by atoms with Crippen molar-refractivity contribution in [1.82, 2.24) is 4.90 Å². The minimum Gasteiger partial charge on any atom is -0.466 e. The molecule has 2 aliphatic carbocycles. The standard InChI is InChI=1S/C20H27NO2/c1-4-20-12-18-14(19(22)23-5-2)11-16(20)17(21(18)3)10-13-8-6-7-9-15(13)20/h6-9,14,16-18H,4-5,10-12H2,1-3H3/t14?,16?,17?,18?,20-/m0/s1. The van der Waals surface area contributed by atoms with Crippen LogP contribution in [-0.2, 0) is 21.4 Å². The predicted molar refractivity (Wildman–Crippen MR) is 90.3 cm³/mol. The van der Waals surface area contributed by atoms with Gasteiger partial charge in [0, 0.05) is 17.5 Å². The van der Waals surface area contributed by atoms with E-state index in [2.05, 4.69) is 43.1 Å². The molecule has 1 aromatic rings. The first-order valence-corrected chi connectivity index (χ1v) is 9.09. The van der Waals surface area contributed by atoms with Crippen molar-refractivity contribution in [1.29, 1.82) is 0 Å². The predicted octanol–water partition coefficient (Wildman–Crippen LogP) is 3.16. The van der Waals surface area contributed by atoms with Crippen LogP contribution in [0.15, 0.2) is 24.3 Å². The first-order chi connectivity index (χ1) is 11.1. The van der Waals surface area contributed by atoms with Crippen LogP contribution in [0.5, 0.6) is 0 Å². The molecule has 0 amide bonds. The highest BCUT2D eigenvalue weighted by molar-refractivity contribution is 5.74. The lowest BCUT2D eigenvalue weighted by Crippen LogP contribution is -2.69. The maximum atomic E-state index is 12.4. The average molecular weight is 313 g/mol. The molecule has 4 unspecified atom stereocenters. The van der Waals surface area contributed by atoms with E-state index in [1.807, 2.05) is 6.92 Å². The number of nitrogens with zero attached hydrogens (tertiary/aromatic N) is 1. The Hall–Kier alpha value is -1.35. The van der Waals surface area contributed by atoms with Crippen molar-refractivity contribution in [2.24, 2.45) is 11.8 Å². The van der Waals surface area contributed by atoms with Crippen LogP contribution in [0.4, 0.5) is 0 Å². The van der Waals surface area contributed by atoms with Gasteiger partial charge in [-0.1, -0.05) is 31.2 Å². The summed E-state index contributed by atoms with van der Waals surface area (Å²) >= 11 is 0. The molecule has 1 aromatic carbocycles. The molecule has 3 fully saturated rings. The summed E-state index contributed by atoms with van der Waals surface area (Å²) in [5.41, 5.74) is 3.35. The van der Waals surface area contributed by atoms with Gasteiger partial charge < -0.3 is 4.74 Å². The van der Waals surface area contributed by atoms with E-state index in [-0.39, 0.29) is 17.3 Å². The van der Waals surface area contributed by atoms with Crippen molar-refractivity contribution in [2.75, 3.05) is 13.7 Å². The SMILES string of the molecule is CCOC(=O)C1CC2C3Cc4ccccc4[C@]2(CC)CC1N3C. The number of carbonyl (C=O) groups excluding carboxylic acids is 1. The second-order valence-corrected chi connectivity index (χ2v) is 7.58. The highest BCUT2D eigenvalue weighted by atomic mass is 16.5. The molecule has 5 rings (SSSR count). The van der Waals surface area contributed by atoms with Gasteiger partial charge in [-0.05, 0) is 56.7 Å². The van der Waals surface area contributed by atoms with Gasteiger partial charge in [-0.3, -0.25) is 9.69 Å². The number of ether oxygens (including phenoxy) is 1. The minimum atomic E-state index is 0.0198. The van der Waals surface area contributed by atoms with Gasteiger partial charge in [0.1, 0.15) is 0 Å². The molecule has 2 aliphatic heterocycles. The number of piperidine rings is 2. The van der Waals surface area contributed by atoms with Crippen LogP contribution in [0.2, 0.25) is 0 Å². The highest BCUT2D eigenvalue weighted by Gasteiger charge is 2.61. The number of carbonyl (C=O) groups is 1. The van der Waals surface area contributed by atoms with Gasteiger partial charge in [0.15, 0.2) is 0 Å². The summed E-state index contributed by atoms with van der Waals surface area (Å²) in [5.74, 6) is 0.657. The third kappa shape index (κ3) is 1.95. The molecule has 0 radical (unpaired) electrons. The molecule has 3 heteroatoms. The van der Waals surface area contributed by atoms with Gasteiger partial charge in [-0.2, -0.15) is 0 Å². The molecule has 4 bridgehead atoms. The molecule has 23 heavy (non-hydrogen) atoms. The van der Waals surface area contributed by atoms with Gasteiger partial charge in [0.05, 0.1) is 12.5 Å². The maximum Gasteiger partial charge on any atom is 0.310 e. The second-order valence-electron chi connectivity index (χ2n) is 7.58. The number of fused-ring (bicyclic) bond motifs is 2. The molecular weight excluding hydrogens is 286 g/mol. The van der Waals surface area contributed by atoms with E-state index >= 15 is 0 Å². The molecule has 5 atom stereocenters. The molecule has 0 aromatic heterocycles. The third-order valence-corrected chi connectivity index (χ3v) is 6.97. The van der Waals surface area contributed by atoms with E-state index in [4.69, 9.17) is 4.74 Å². The van der Waals surface area contributed by atoms with Crippen LogP contribution in [0.25, 0.3) is 0 Å². The number of hydrogen-bond donors (Lipinski definition) is 0. The summed E-state index contributed by atoms with van der Waals surface area (Å²) in [7, 11) is 2.22. The Morgan fingerprint density at radius 3 is 2.83 bits per heavy atom. The summed E-state index contributed by atoms with van der Waals surface area (Å²) in [6.07, 6.45) is 4.40. The molecule has 2 heterocycles. The van der Waals surface area contributed by atoms with Crippen molar-refractivity contribution < 1.29 is 9.53 Å². The van der Waals surface area contributed by atoms with Crippen molar-refractivity contribution in [3.63, 3.8) is 0 Å². The van der Waals surface area contributed by atoms with Crippen LogP contribution in [0.3, 0.4) is 0 Å². The number of hydrogen-bond acceptors (Lipinski definition) is 3. The summed E-state index contributed by atoms with van der Waals surface area (Å²) in [5, 5.41) is 0. The maximum absolute atomic E-state index is 12.4. The van der Waals surface area contributed by atoms with E-state index in [0.717, 1.165) is 19.3 Å². The second kappa shape index (κ2) is 5.34. The smallest absolute Gasteiger partial charge is 0.310 e. The van der Waals surface area contributed by atoms with Crippen molar-refractivity contribution >= 4 is 5.97 Å². The molecule has 0 N–H and O–H groups in total. The first-order valence-electron chi connectivity index (χ1n) is 9.09. The van der Waals surface area contributed by atoms with Crippen molar-refractivity contribution in [2.45, 2.75) is 57.0 Å². The molecule has 2 saturated heterocycles. The van der Waals surface area contributed by atoms with Gasteiger partial charge in [0.25, 0.3) is 0 Å². The number of likely N-dealkylation sites (N-methyl/N-ethyl adjacent to an activating group) is 1. The van der Waals surface area contributed by atoms with Gasteiger partial charge in [0.2, 0.25) is 0 Å². The van der Waals surface area contributed by atoms with Gasteiger partial charge in [-0.25, -0.2) is 0 Å². The molecular formula is C20H27NO2. The van der Waals surface area contributed by atoms with Crippen molar-refractivity contribution in [3.8, 4) is 0 Å². The summed E-state index contributed by atoms with van der Waals surface area (Å²) in [4.78, 5) is 14.9. The van der Waals surface area contributed by atoms with Crippen LogP contribution in [-0.4, -0.2) is 36.6 Å². The normalized spacial score (nSPS) is 38.2.